The largest absolute Gasteiger partial charge is 0.391 e. The molecule has 1 aliphatic carbocycles. The monoisotopic (exact) mass is 199 g/mol. The van der Waals surface area contributed by atoms with Crippen LogP contribution in [0.3, 0.4) is 0 Å². The van der Waals surface area contributed by atoms with Crippen molar-refractivity contribution in [1.82, 2.24) is 5.32 Å². The fourth-order valence-electron chi connectivity index (χ4n) is 1.52. The van der Waals surface area contributed by atoms with Gasteiger partial charge >= 0.3 is 0 Å². The Hall–Kier alpha value is -0.570. The topological polar surface area (TPSA) is 49.3 Å². The molecule has 3 heteroatoms. The first-order valence-electron chi connectivity index (χ1n) is 5.52. The first kappa shape index (κ1) is 11.5. The summed E-state index contributed by atoms with van der Waals surface area (Å²) in [5.41, 5.74) is 0. The summed E-state index contributed by atoms with van der Waals surface area (Å²) in [5, 5.41) is 12.3. The Balaban J connectivity index is 2.02. The highest BCUT2D eigenvalue weighted by Gasteiger charge is 2.24. The molecule has 0 bridgehead atoms. The van der Waals surface area contributed by atoms with E-state index in [-0.39, 0.29) is 5.91 Å². The highest BCUT2D eigenvalue weighted by atomic mass is 16.3. The lowest BCUT2D eigenvalue weighted by molar-refractivity contribution is -0.121. The fourth-order valence-corrected chi connectivity index (χ4v) is 1.52. The standard InChI is InChI=1S/C11H21NO2/c1-8(2)5-10(13)7-12-11(14)6-9-3-4-9/h8-10,13H,3-7H2,1-2H3,(H,12,14). The third kappa shape index (κ3) is 5.22. The van der Waals surface area contributed by atoms with Crippen molar-refractivity contribution in [1.29, 1.82) is 0 Å². The zero-order chi connectivity index (χ0) is 10.6. The van der Waals surface area contributed by atoms with Gasteiger partial charge < -0.3 is 10.4 Å². The van der Waals surface area contributed by atoms with Crippen molar-refractivity contribution in [3.8, 4) is 0 Å². The molecular formula is C11H21NO2. The molecule has 1 aliphatic rings. The maximum Gasteiger partial charge on any atom is 0.220 e. The van der Waals surface area contributed by atoms with Gasteiger partial charge in [0, 0.05) is 13.0 Å². The number of carbonyl (C=O) groups is 1. The smallest absolute Gasteiger partial charge is 0.220 e. The Morgan fingerprint density at radius 1 is 1.50 bits per heavy atom. The normalized spacial score (nSPS) is 18.3. The maximum atomic E-state index is 11.3. The Kier molecular flexibility index (Phi) is 4.39. The Bertz CT molecular complexity index is 188. The molecule has 1 rings (SSSR count). The van der Waals surface area contributed by atoms with Crippen molar-refractivity contribution in [2.24, 2.45) is 11.8 Å². The van der Waals surface area contributed by atoms with E-state index in [9.17, 15) is 9.90 Å². The Labute approximate surface area is 85.9 Å². The molecule has 0 saturated heterocycles. The molecule has 0 aromatic rings. The van der Waals surface area contributed by atoms with Crippen molar-refractivity contribution in [2.75, 3.05) is 6.54 Å². The molecule has 0 radical (unpaired) electrons. The van der Waals surface area contributed by atoms with E-state index in [1.54, 1.807) is 0 Å². The van der Waals surface area contributed by atoms with E-state index in [1.165, 1.54) is 12.8 Å². The van der Waals surface area contributed by atoms with Gasteiger partial charge in [-0.3, -0.25) is 4.79 Å². The second kappa shape index (κ2) is 5.35. The number of amides is 1. The molecule has 1 saturated carbocycles. The van der Waals surface area contributed by atoms with Crippen LogP contribution in [0.15, 0.2) is 0 Å². The average molecular weight is 199 g/mol. The minimum Gasteiger partial charge on any atom is -0.391 e. The van der Waals surface area contributed by atoms with Crippen LogP contribution >= 0.6 is 0 Å². The second-order valence-corrected chi connectivity index (χ2v) is 4.73. The van der Waals surface area contributed by atoms with Crippen molar-refractivity contribution >= 4 is 5.91 Å². The number of hydrogen-bond donors (Lipinski definition) is 2. The third-order valence-corrected chi connectivity index (χ3v) is 2.45. The number of hydrogen-bond acceptors (Lipinski definition) is 2. The van der Waals surface area contributed by atoms with Gasteiger partial charge in [0.2, 0.25) is 5.91 Å². The molecule has 1 fully saturated rings. The van der Waals surface area contributed by atoms with Gasteiger partial charge in [-0.15, -0.1) is 0 Å². The number of aliphatic hydroxyl groups excluding tert-OH is 1. The van der Waals surface area contributed by atoms with Gasteiger partial charge in [-0.25, -0.2) is 0 Å². The van der Waals surface area contributed by atoms with E-state index < -0.39 is 6.10 Å². The molecule has 14 heavy (non-hydrogen) atoms. The lowest BCUT2D eigenvalue weighted by Gasteiger charge is -2.13. The van der Waals surface area contributed by atoms with E-state index in [1.807, 2.05) is 0 Å². The van der Waals surface area contributed by atoms with E-state index in [0.29, 0.717) is 24.8 Å². The third-order valence-electron chi connectivity index (χ3n) is 2.45. The molecule has 0 aliphatic heterocycles. The molecule has 1 atom stereocenters. The van der Waals surface area contributed by atoms with E-state index in [0.717, 1.165) is 6.42 Å². The van der Waals surface area contributed by atoms with Gasteiger partial charge in [0.05, 0.1) is 6.10 Å². The zero-order valence-electron chi connectivity index (χ0n) is 9.12. The molecule has 82 valence electrons. The summed E-state index contributed by atoms with van der Waals surface area (Å²) in [6.07, 6.45) is 3.40. The van der Waals surface area contributed by atoms with Crippen molar-refractivity contribution in [2.45, 2.75) is 45.6 Å². The molecule has 0 aromatic heterocycles. The van der Waals surface area contributed by atoms with E-state index in [2.05, 4.69) is 19.2 Å². The van der Waals surface area contributed by atoms with Crippen molar-refractivity contribution < 1.29 is 9.90 Å². The Morgan fingerprint density at radius 3 is 2.64 bits per heavy atom. The number of aliphatic hydroxyl groups is 1. The van der Waals surface area contributed by atoms with Crippen LogP contribution < -0.4 is 5.32 Å². The van der Waals surface area contributed by atoms with Crippen molar-refractivity contribution in [3.05, 3.63) is 0 Å². The van der Waals surface area contributed by atoms with Gasteiger partial charge in [-0.2, -0.15) is 0 Å². The number of carbonyl (C=O) groups excluding carboxylic acids is 1. The maximum absolute atomic E-state index is 11.3. The van der Waals surface area contributed by atoms with Crippen molar-refractivity contribution in [3.63, 3.8) is 0 Å². The lowest BCUT2D eigenvalue weighted by atomic mass is 10.1. The van der Waals surface area contributed by atoms with Gasteiger partial charge in [0.15, 0.2) is 0 Å². The lowest BCUT2D eigenvalue weighted by Crippen LogP contribution is -2.32. The Morgan fingerprint density at radius 2 is 2.14 bits per heavy atom. The van der Waals surface area contributed by atoms with Gasteiger partial charge in [0.25, 0.3) is 0 Å². The molecule has 0 spiro atoms. The van der Waals surface area contributed by atoms with Crippen LogP contribution in [-0.2, 0) is 4.79 Å². The minimum absolute atomic E-state index is 0.0929. The highest BCUT2D eigenvalue weighted by Crippen LogP contribution is 2.31. The summed E-state index contributed by atoms with van der Waals surface area (Å²) in [4.78, 5) is 11.3. The molecule has 3 nitrogen and oxygen atoms in total. The SMILES string of the molecule is CC(C)CC(O)CNC(=O)CC1CC1. The first-order chi connectivity index (χ1) is 6.58. The highest BCUT2D eigenvalue weighted by molar-refractivity contribution is 5.76. The van der Waals surface area contributed by atoms with Crippen LogP contribution in [0.2, 0.25) is 0 Å². The van der Waals surface area contributed by atoms with Crippen LogP contribution in [0.5, 0.6) is 0 Å². The van der Waals surface area contributed by atoms with Crippen LogP contribution in [0.4, 0.5) is 0 Å². The van der Waals surface area contributed by atoms with Gasteiger partial charge in [-0.05, 0) is 31.1 Å². The molecule has 0 heterocycles. The van der Waals surface area contributed by atoms with Crippen LogP contribution in [-0.4, -0.2) is 23.7 Å². The van der Waals surface area contributed by atoms with E-state index >= 15 is 0 Å². The van der Waals surface area contributed by atoms with Crippen LogP contribution in [0.25, 0.3) is 0 Å². The average Bonchev–Trinajstić information content (AvgIpc) is 2.83. The second-order valence-electron chi connectivity index (χ2n) is 4.73. The summed E-state index contributed by atoms with van der Waals surface area (Å²) in [6.45, 7) is 4.54. The summed E-state index contributed by atoms with van der Waals surface area (Å²) in [7, 11) is 0. The number of nitrogens with one attached hydrogen (secondary N) is 1. The summed E-state index contributed by atoms with van der Waals surface area (Å²) in [6, 6.07) is 0. The predicted octanol–water partition coefficient (Wildman–Crippen LogP) is 1.31. The molecule has 1 unspecified atom stereocenters. The molecular weight excluding hydrogens is 178 g/mol. The van der Waals surface area contributed by atoms with E-state index in [4.69, 9.17) is 0 Å². The van der Waals surface area contributed by atoms with Gasteiger partial charge in [0.1, 0.15) is 0 Å². The minimum atomic E-state index is -0.391. The number of rotatable bonds is 6. The zero-order valence-corrected chi connectivity index (χ0v) is 9.12. The summed E-state index contributed by atoms with van der Waals surface area (Å²) < 4.78 is 0. The molecule has 2 N–H and O–H groups in total. The predicted molar refractivity (Wildman–Crippen MR) is 55.8 cm³/mol. The van der Waals surface area contributed by atoms with Gasteiger partial charge in [-0.1, -0.05) is 13.8 Å². The fraction of sp³-hybridized carbons (Fsp3) is 0.909. The summed E-state index contributed by atoms with van der Waals surface area (Å²) >= 11 is 0. The quantitative estimate of drug-likeness (QED) is 0.677. The molecule has 0 aromatic carbocycles. The summed E-state index contributed by atoms with van der Waals surface area (Å²) in [5.74, 6) is 1.19. The van der Waals surface area contributed by atoms with Crippen LogP contribution in [0.1, 0.15) is 39.5 Å². The molecule has 1 amide bonds. The van der Waals surface area contributed by atoms with Crippen LogP contribution in [0, 0.1) is 11.8 Å². The first-order valence-corrected chi connectivity index (χ1v) is 5.52.